The van der Waals surface area contributed by atoms with Gasteiger partial charge in [-0.15, -0.1) is 0 Å². The summed E-state index contributed by atoms with van der Waals surface area (Å²) in [5, 5.41) is 0. The molecule has 162 valence electrons. The van der Waals surface area contributed by atoms with Crippen LogP contribution in [0.4, 0.5) is 0 Å². The van der Waals surface area contributed by atoms with Crippen molar-refractivity contribution < 1.29 is 18.9 Å². The molecular formula is C23H46O4. The lowest BCUT2D eigenvalue weighted by Crippen LogP contribution is -2.34. The van der Waals surface area contributed by atoms with Crippen molar-refractivity contribution in [1.82, 2.24) is 0 Å². The number of allylic oxidation sites excluding steroid dienone is 2. The average molecular weight is 387 g/mol. The normalized spacial score (nSPS) is 13.1. The minimum absolute atomic E-state index is 0.455. The monoisotopic (exact) mass is 386 g/mol. The molecule has 0 rings (SSSR count). The lowest BCUT2D eigenvalue weighted by molar-refractivity contribution is -0.263. The molecule has 0 heterocycles. The van der Waals surface area contributed by atoms with E-state index in [4.69, 9.17) is 18.9 Å². The Bertz CT molecular complexity index is 303. The Balaban J connectivity index is 3.32. The van der Waals surface area contributed by atoms with Gasteiger partial charge in [0.1, 0.15) is 0 Å². The van der Waals surface area contributed by atoms with Crippen molar-refractivity contribution in [2.24, 2.45) is 0 Å². The van der Waals surface area contributed by atoms with E-state index < -0.39 is 12.6 Å². The maximum Gasteiger partial charge on any atom is 0.209 e. The second-order valence-electron chi connectivity index (χ2n) is 7.25. The minimum Gasteiger partial charge on any atom is -0.351 e. The fourth-order valence-corrected chi connectivity index (χ4v) is 3.13. The molecule has 0 aliphatic rings. The molecule has 0 saturated heterocycles. The molecule has 27 heavy (non-hydrogen) atoms. The van der Waals surface area contributed by atoms with Gasteiger partial charge in [0, 0.05) is 27.9 Å². The summed E-state index contributed by atoms with van der Waals surface area (Å²) in [6, 6.07) is 0. The SMILES string of the molecule is CCCCCCCCC=CCCCCCCCCOC(OC)C(OC)OC. The van der Waals surface area contributed by atoms with Crippen LogP contribution in [0.1, 0.15) is 96.8 Å². The summed E-state index contributed by atoms with van der Waals surface area (Å²) in [7, 11) is 4.79. The van der Waals surface area contributed by atoms with Crippen LogP contribution in [0.15, 0.2) is 12.2 Å². The van der Waals surface area contributed by atoms with Gasteiger partial charge in [-0.1, -0.05) is 76.9 Å². The maximum absolute atomic E-state index is 5.67. The van der Waals surface area contributed by atoms with Crippen molar-refractivity contribution in [1.29, 1.82) is 0 Å². The molecule has 0 bridgehead atoms. The Morgan fingerprint density at radius 3 is 1.48 bits per heavy atom. The molecule has 0 spiro atoms. The molecule has 1 unspecified atom stereocenters. The molecular weight excluding hydrogens is 340 g/mol. The minimum atomic E-state index is -0.468. The van der Waals surface area contributed by atoms with Crippen LogP contribution >= 0.6 is 0 Å². The van der Waals surface area contributed by atoms with Gasteiger partial charge >= 0.3 is 0 Å². The van der Waals surface area contributed by atoms with E-state index in [-0.39, 0.29) is 0 Å². The van der Waals surface area contributed by atoms with Crippen molar-refractivity contribution in [3.8, 4) is 0 Å². The summed E-state index contributed by atoms with van der Waals surface area (Å²) >= 11 is 0. The first-order valence-corrected chi connectivity index (χ1v) is 11.1. The second-order valence-corrected chi connectivity index (χ2v) is 7.25. The molecule has 0 fully saturated rings. The fourth-order valence-electron chi connectivity index (χ4n) is 3.13. The van der Waals surface area contributed by atoms with Crippen LogP contribution in [-0.2, 0) is 18.9 Å². The van der Waals surface area contributed by atoms with Crippen molar-refractivity contribution in [2.75, 3.05) is 27.9 Å². The Hall–Kier alpha value is -0.420. The fraction of sp³-hybridized carbons (Fsp3) is 0.913. The lowest BCUT2D eigenvalue weighted by atomic mass is 10.1. The van der Waals surface area contributed by atoms with Gasteiger partial charge in [-0.05, 0) is 32.1 Å². The molecule has 0 N–H and O–H groups in total. The van der Waals surface area contributed by atoms with Gasteiger partial charge in [-0.2, -0.15) is 0 Å². The third-order valence-electron chi connectivity index (χ3n) is 4.86. The molecule has 0 aliphatic carbocycles. The zero-order valence-electron chi connectivity index (χ0n) is 18.5. The standard InChI is InChI=1S/C23H46O4/c1-5-6-7-8-9-10-11-12-13-14-15-16-17-18-19-20-21-27-23(26-4)22(24-2)25-3/h12-13,22-23H,5-11,14-21H2,1-4H3. The quantitative estimate of drug-likeness (QED) is 0.126. The first kappa shape index (κ1) is 26.6. The van der Waals surface area contributed by atoms with E-state index in [1.165, 1.54) is 83.5 Å². The summed E-state index contributed by atoms with van der Waals surface area (Å²) in [6.45, 7) is 2.96. The van der Waals surface area contributed by atoms with Crippen LogP contribution in [0.25, 0.3) is 0 Å². The molecule has 0 aromatic rings. The van der Waals surface area contributed by atoms with Crippen molar-refractivity contribution in [3.63, 3.8) is 0 Å². The molecule has 4 nitrogen and oxygen atoms in total. The van der Waals surface area contributed by atoms with Crippen molar-refractivity contribution >= 4 is 0 Å². The van der Waals surface area contributed by atoms with Crippen molar-refractivity contribution in [2.45, 2.75) is 109 Å². The first-order chi connectivity index (χ1) is 13.3. The van der Waals surface area contributed by atoms with Crippen LogP contribution in [0.5, 0.6) is 0 Å². The maximum atomic E-state index is 5.67. The van der Waals surface area contributed by atoms with Gasteiger partial charge < -0.3 is 18.9 Å². The summed E-state index contributed by atoms with van der Waals surface area (Å²) < 4.78 is 21.2. The molecule has 0 amide bonds. The van der Waals surface area contributed by atoms with Crippen LogP contribution in [-0.4, -0.2) is 40.5 Å². The number of methoxy groups -OCH3 is 3. The predicted molar refractivity (Wildman–Crippen MR) is 114 cm³/mol. The first-order valence-electron chi connectivity index (χ1n) is 11.1. The van der Waals surface area contributed by atoms with E-state index in [9.17, 15) is 0 Å². The highest BCUT2D eigenvalue weighted by Gasteiger charge is 2.20. The summed E-state index contributed by atoms with van der Waals surface area (Å²) in [4.78, 5) is 0. The average Bonchev–Trinajstić information content (AvgIpc) is 2.69. The lowest BCUT2D eigenvalue weighted by Gasteiger charge is -2.23. The summed E-state index contributed by atoms with van der Waals surface area (Å²) in [5.41, 5.74) is 0. The van der Waals surface area contributed by atoms with Gasteiger partial charge in [0.25, 0.3) is 0 Å². The highest BCUT2D eigenvalue weighted by molar-refractivity contribution is 4.81. The Labute approximate surface area is 169 Å². The Morgan fingerprint density at radius 1 is 0.556 bits per heavy atom. The molecule has 0 radical (unpaired) electrons. The zero-order chi connectivity index (χ0) is 20.0. The van der Waals surface area contributed by atoms with Crippen LogP contribution in [0.2, 0.25) is 0 Å². The van der Waals surface area contributed by atoms with E-state index in [1.807, 2.05) is 0 Å². The number of hydrogen-bond donors (Lipinski definition) is 0. The largest absolute Gasteiger partial charge is 0.351 e. The van der Waals surface area contributed by atoms with Gasteiger partial charge in [-0.25, -0.2) is 0 Å². The van der Waals surface area contributed by atoms with Crippen molar-refractivity contribution in [3.05, 3.63) is 12.2 Å². The van der Waals surface area contributed by atoms with E-state index in [0.29, 0.717) is 6.61 Å². The molecule has 0 saturated carbocycles. The van der Waals surface area contributed by atoms with E-state index in [0.717, 1.165) is 6.42 Å². The number of hydrogen-bond acceptors (Lipinski definition) is 4. The van der Waals surface area contributed by atoms with Gasteiger partial charge in [0.2, 0.25) is 12.6 Å². The number of rotatable bonds is 21. The molecule has 0 aliphatic heterocycles. The third-order valence-corrected chi connectivity index (χ3v) is 4.86. The third kappa shape index (κ3) is 17.4. The zero-order valence-corrected chi connectivity index (χ0v) is 18.5. The molecule has 0 aromatic heterocycles. The highest BCUT2D eigenvalue weighted by Crippen LogP contribution is 2.11. The smallest absolute Gasteiger partial charge is 0.209 e. The van der Waals surface area contributed by atoms with E-state index in [2.05, 4.69) is 19.1 Å². The summed E-state index contributed by atoms with van der Waals surface area (Å²) in [5.74, 6) is 0. The topological polar surface area (TPSA) is 36.9 Å². The Kier molecular flexibility index (Phi) is 21.5. The highest BCUT2D eigenvalue weighted by atomic mass is 16.8. The Morgan fingerprint density at radius 2 is 1.00 bits per heavy atom. The van der Waals surface area contributed by atoms with Crippen LogP contribution in [0.3, 0.4) is 0 Å². The van der Waals surface area contributed by atoms with Gasteiger partial charge in [-0.3, -0.25) is 0 Å². The van der Waals surface area contributed by atoms with Gasteiger partial charge in [0.05, 0.1) is 0 Å². The van der Waals surface area contributed by atoms with E-state index in [1.54, 1.807) is 21.3 Å². The number of unbranched alkanes of at least 4 members (excludes halogenated alkanes) is 12. The second kappa shape index (κ2) is 21.9. The van der Waals surface area contributed by atoms with Crippen LogP contribution in [0, 0.1) is 0 Å². The predicted octanol–water partition coefficient (Wildman–Crippen LogP) is 6.63. The van der Waals surface area contributed by atoms with Gasteiger partial charge in [0.15, 0.2) is 0 Å². The van der Waals surface area contributed by atoms with E-state index >= 15 is 0 Å². The number of ether oxygens (including phenoxy) is 4. The molecule has 0 aromatic carbocycles. The molecule has 1 atom stereocenters. The summed E-state index contributed by atoms with van der Waals surface area (Å²) in [6.07, 6.45) is 22.2. The molecule has 4 heteroatoms. The van der Waals surface area contributed by atoms with Crippen LogP contribution < -0.4 is 0 Å².